The van der Waals surface area contributed by atoms with E-state index in [1.807, 2.05) is 13.8 Å². The zero-order valence-electron chi connectivity index (χ0n) is 10.6. The SMILES string of the molecule is CC(C)n1ncnc1CC(O)CCOCC(F)F. The van der Waals surface area contributed by atoms with Crippen molar-refractivity contribution in [1.82, 2.24) is 14.8 Å². The molecule has 0 spiro atoms. The van der Waals surface area contributed by atoms with Crippen molar-refractivity contribution in [3.63, 3.8) is 0 Å². The fraction of sp³-hybridized carbons (Fsp3) is 0.818. The number of hydrogen-bond donors (Lipinski definition) is 1. The third-order valence-corrected chi connectivity index (χ3v) is 2.39. The van der Waals surface area contributed by atoms with Crippen LogP contribution in [-0.4, -0.2) is 45.6 Å². The molecule has 0 fully saturated rings. The molecule has 0 saturated carbocycles. The summed E-state index contributed by atoms with van der Waals surface area (Å²) in [6, 6.07) is 0.171. The smallest absolute Gasteiger partial charge is 0.261 e. The molecule has 0 aromatic carbocycles. The largest absolute Gasteiger partial charge is 0.393 e. The number of aliphatic hydroxyl groups is 1. The van der Waals surface area contributed by atoms with E-state index in [1.165, 1.54) is 6.33 Å². The predicted molar refractivity (Wildman–Crippen MR) is 61.6 cm³/mol. The summed E-state index contributed by atoms with van der Waals surface area (Å²) in [5.74, 6) is 0.686. The lowest BCUT2D eigenvalue weighted by atomic mass is 10.2. The van der Waals surface area contributed by atoms with E-state index in [0.29, 0.717) is 18.7 Å². The van der Waals surface area contributed by atoms with Crippen LogP contribution in [0.1, 0.15) is 32.1 Å². The van der Waals surface area contributed by atoms with Crippen LogP contribution in [0.15, 0.2) is 6.33 Å². The molecule has 0 saturated heterocycles. The number of rotatable bonds is 8. The molecular weight excluding hydrogens is 244 g/mol. The molecule has 1 rings (SSSR count). The van der Waals surface area contributed by atoms with Gasteiger partial charge in [0.1, 0.15) is 18.8 Å². The quantitative estimate of drug-likeness (QED) is 0.721. The molecular formula is C11H19F2N3O2. The van der Waals surface area contributed by atoms with Crippen LogP contribution in [0.4, 0.5) is 8.78 Å². The molecule has 1 heterocycles. The van der Waals surface area contributed by atoms with E-state index in [1.54, 1.807) is 4.68 Å². The zero-order chi connectivity index (χ0) is 13.5. The van der Waals surface area contributed by atoms with Gasteiger partial charge in [-0.15, -0.1) is 0 Å². The van der Waals surface area contributed by atoms with E-state index in [-0.39, 0.29) is 12.6 Å². The van der Waals surface area contributed by atoms with E-state index >= 15 is 0 Å². The molecule has 7 heteroatoms. The molecule has 0 aliphatic carbocycles. The van der Waals surface area contributed by atoms with Gasteiger partial charge in [0, 0.05) is 19.1 Å². The van der Waals surface area contributed by atoms with Crippen LogP contribution in [0.2, 0.25) is 0 Å². The molecule has 0 aliphatic heterocycles. The van der Waals surface area contributed by atoms with Crippen molar-refractivity contribution in [1.29, 1.82) is 0 Å². The van der Waals surface area contributed by atoms with Crippen LogP contribution >= 0.6 is 0 Å². The Bertz CT molecular complexity index is 345. The van der Waals surface area contributed by atoms with Crippen LogP contribution in [0.5, 0.6) is 0 Å². The van der Waals surface area contributed by atoms with Gasteiger partial charge in [-0.25, -0.2) is 18.4 Å². The molecule has 18 heavy (non-hydrogen) atoms. The van der Waals surface area contributed by atoms with Gasteiger partial charge in [-0.3, -0.25) is 0 Å². The number of hydrogen-bond acceptors (Lipinski definition) is 4. The summed E-state index contributed by atoms with van der Waals surface area (Å²) in [7, 11) is 0. The van der Waals surface area contributed by atoms with Crippen LogP contribution in [0.3, 0.4) is 0 Å². The van der Waals surface area contributed by atoms with E-state index in [0.717, 1.165) is 0 Å². The lowest BCUT2D eigenvalue weighted by molar-refractivity contribution is 0.00483. The van der Waals surface area contributed by atoms with Crippen LogP contribution in [0, 0.1) is 0 Å². The maximum Gasteiger partial charge on any atom is 0.261 e. The maximum absolute atomic E-state index is 11.8. The first kappa shape index (κ1) is 15.0. The number of halogens is 2. The van der Waals surface area contributed by atoms with Crippen molar-refractivity contribution in [2.75, 3.05) is 13.2 Å². The molecule has 1 aromatic rings. The van der Waals surface area contributed by atoms with Gasteiger partial charge in [0.05, 0.1) is 6.10 Å². The summed E-state index contributed by atoms with van der Waals surface area (Å²) in [6.45, 7) is 3.46. The highest BCUT2D eigenvalue weighted by molar-refractivity contribution is 4.89. The van der Waals surface area contributed by atoms with Gasteiger partial charge in [0.25, 0.3) is 6.43 Å². The fourth-order valence-corrected chi connectivity index (χ4v) is 1.56. The molecule has 1 aromatic heterocycles. The lowest BCUT2D eigenvalue weighted by Crippen LogP contribution is -2.19. The minimum absolute atomic E-state index is 0.112. The van der Waals surface area contributed by atoms with Crippen molar-refractivity contribution in [2.24, 2.45) is 0 Å². The molecule has 0 bridgehead atoms. The summed E-state index contributed by atoms with van der Waals surface area (Å²) in [5.41, 5.74) is 0. The summed E-state index contributed by atoms with van der Waals surface area (Å²) in [5, 5.41) is 13.8. The van der Waals surface area contributed by atoms with Crippen molar-refractivity contribution in [3.8, 4) is 0 Å². The number of alkyl halides is 2. The van der Waals surface area contributed by atoms with Crippen LogP contribution in [-0.2, 0) is 11.2 Å². The molecule has 1 unspecified atom stereocenters. The maximum atomic E-state index is 11.8. The normalized spacial score (nSPS) is 13.5. The summed E-state index contributed by atoms with van der Waals surface area (Å²) in [6.07, 6.45) is -1.04. The second-order valence-corrected chi connectivity index (χ2v) is 4.33. The first-order valence-electron chi connectivity index (χ1n) is 5.93. The summed E-state index contributed by atoms with van der Waals surface area (Å²) >= 11 is 0. The highest BCUT2D eigenvalue weighted by Crippen LogP contribution is 2.09. The van der Waals surface area contributed by atoms with Crippen LogP contribution in [0.25, 0.3) is 0 Å². The Labute approximate surface area is 105 Å². The number of aromatic nitrogens is 3. The Kier molecular flexibility index (Phi) is 6.14. The van der Waals surface area contributed by atoms with Gasteiger partial charge in [-0.05, 0) is 20.3 Å². The van der Waals surface area contributed by atoms with E-state index in [4.69, 9.17) is 4.74 Å². The van der Waals surface area contributed by atoms with Gasteiger partial charge in [-0.2, -0.15) is 5.10 Å². The summed E-state index contributed by atoms with van der Waals surface area (Å²) < 4.78 is 30.0. The third kappa shape index (κ3) is 5.05. The molecule has 5 nitrogen and oxygen atoms in total. The Morgan fingerprint density at radius 3 is 2.78 bits per heavy atom. The van der Waals surface area contributed by atoms with Crippen molar-refractivity contribution < 1.29 is 18.6 Å². The van der Waals surface area contributed by atoms with Gasteiger partial charge in [0.15, 0.2) is 0 Å². The molecule has 1 atom stereocenters. The Hall–Kier alpha value is -1.08. The number of aliphatic hydroxyl groups excluding tert-OH is 1. The average Bonchev–Trinajstić information content (AvgIpc) is 2.72. The number of ether oxygens (including phenoxy) is 1. The second kappa shape index (κ2) is 7.38. The monoisotopic (exact) mass is 263 g/mol. The third-order valence-electron chi connectivity index (χ3n) is 2.39. The first-order chi connectivity index (χ1) is 8.50. The average molecular weight is 263 g/mol. The lowest BCUT2D eigenvalue weighted by Gasteiger charge is -2.13. The van der Waals surface area contributed by atoms with Crippen molar-refractivity contribution in [3.05, 3.63) is 12.2 Å². The number of nitrogens with zero attached hydrogens (tertiary/aromatic N) is 3. The van der Waals surface area contributed by atoms with Gasteiger partial charge >= 0.3 is 0 Å². The predicted octanol–water partition coefficient (Wildman–Crippen LogP) is 1.43. The molecule has 0 aliphatic rings. The van der Waals surface area contributed by atoms with E-state index in [2.05, 4.69) is 10.1 Å². The van der Waals surface area contributed by atoms with Gasteiger partial charge in [0.2, 0.25) is 0 Å². The first-order valence-corrected chi connectivity index (χ1v) is 5.93. The van der Waals surface area contributed by atoms with Gasteiger partial charge < -0.3 is 9.84 Å². The highest BCUT2D eigenvalue weighted by atomic mass is 19.3. The topological polar surface area (TPSA) is 60.2 Å². The van der Waals surface area contributed by atoms with Crippen molar-refractivity contribution in [2.45, 2.75) is 45.3 Å². The zero-order valence-corrected chi connectivity index (χ0v) is 10.6. The molecule has 0 radical (unpaired) electrons. The van der Waals surface area contributed by atoms with Gasteiger partial charge in [-0.1, -0.05) is 0 Å². The fourth-order valence-electron chi connectivity index (χ4n) is 1.56. The van der Waals surface area contributed by atoms with E-state index < -0.39 is 19.1 Å². The Morgan fingerprint density at radius 1 is 1.44 bits per heavy atom. The minimum Gasteiger partial charge on any atom is -0.393 e. The molecule has 0 amide bonds. The standard InChI is InChI=1S/C11H19F2N3O2/c1-8(2)16-11(14-7-15-16)5-9(17)3-4-18-6-10(12)13/h7-10,17H,3-6H2,1-2H3. The molecule has 104 valence electrons. The Balaban J connectivity index is 2.31. The second-order valence-electron chi connectivity index (χ2n) is 4.33. The van der Waals surface area contributed by atoms with E-state index in [9.17, 15) is 13.9 Å². The molecule has 1 N–H and O–H groups in total. The van der Waals surface area contributed by atoms with Crippen molar-refractivity contribution >= 4 is 0 Å². The summed E-state index contributed by atoms with van der Waals surface area (Å²) in [4.78, 5) is 4.06. The minimum atomic E-state index is -2.47. The van der Waals surface area contributed by atoms with Crippen LogP contribution < -0.4 is 0 Å². The highest BCUT2D eigenvalue weighted by Gasteiger charge is 2.13. The Morgan fingerprint density at radius 2 is 2.17 bits per heavy atom.